The van der Waals surface area contributed by atoms with Crippen LogP contribution in [0.25, 0.3) is 11.0 Å². The molecule has 0 radical (unpaired) electrons. The summed E-state index contributed by atoms with van der Waals surface area (Å²) in [6.07, 6.45) is 1.59. The Morgan fingerprint density at radius 2 is 2.11 bits per heavy atom. The van der Waals surface area contributed by atoms with Crippen LogP contribution in [-0.2, 0) is 4.79 Å². The van der Waals surface area contributed by atoms with Crippen LogP contribution >= 0.6 is 11.6 Å². The lowest BCUT2D eigenvalue weighted by molar-refractivity contribution is -0.120. The van der Waals surface area contributed by atoms with Crippen LogP contribution in [0, 0.1) is 12.8 Å². The molecule has 4 rings (SSSR count). The normalized spacial score (nSPS) is 16.9. The van der Waals surface area contributed by atoms with E-state index in [-0.39, 0.29) is 17.4 Å². The Morgan fingerprint density at radius 3 is 2.96 bits per heavy atom. The highest BCUT2D eigenvalue weighted by Crippen LogP contribution is 2.24. The van der Waals surface area contributed by atoms with Gasteiger partial charge in [-0.1, -0.05) is 29.8 Å². The van der Waals surface area contributed by atoms with Crippen molar-refractivity contribution in [2.75, 3.05) is 23.3 Å². The third kappa shape index (κ3) is 3.73. The molecular formula is C21H21ClN4O2. The number of nitrogens with zero attached hydrogens (tertiary/aromatic N) is 2. The van der Waals surface area contributed by atoms with Gasteiger partial charge in [0.1, 0.15) is 0 Å². The highest BCUT2D eigenvalue weighted by molar-refractivity contribution is 6.31. The molecule has 7 heteroatoms. The number of benzene rings is 2. The van der Waals surface area contributed by atoms with E-state index in [4.69, 9.17) is 11.6 Å². The molecule has 1 aliphatic rings. The lowest BCUT2D eigenvalue weighted by Crippen LogP contribution is -2.43. The Kier molecular flexibility index (Phi) is 5.05. The fourth-order valence-electron chi connectivity index (χ4n) is 3.58. The molecule has 1 saturated heterocycles. The smallest absolute Gasteiger partial charge is 0.291 e. The van der Waals surface area contributed by atoms with Crippen LogP contribution in [0.1, 0.15) is 18.4 Å². The number of hydrogen-bond acceptors (Lipinski definition) is 4. The van der Waals surface area contributed by atoms with Crippen molar-refractivity contribution in [1.82, 2.24) is 9.97 Å². The average Bonchev–Trinajstić information content (AvgIpc) is 2.70. The number of halogens is 1. The summed E-state index contributed by atoms with van der Waals surface area (Å²) in [6, 6.07) is 12.9. The van der Waals surface area contributed by atoms with Crippen LogP contribution < -0.4 is 15.8 Å². The zero-order valence-corrected chi connectivity index (χ0v) is 16.3. The number of piperidine rings is 1. The lowest BCUT2D eigenvalue weighted by atomic mass is 9.97. The molecule has 0 saturated carbocycles. The Balaban J connectivity index is 1.54. The van der Waals surface area contributed by atoms with Crippen LogP contribution in [0.5, 0.6) is 0 Å². The maximum absolute atomic E-state index is 12.8. The van der Waals surface area contributed by atoms with Crippen molar-refractivity contribution in [2.24, 2.45) is 5.92 Å². The first-order valence-electron chi connectivity index (χ1n) is 9.32. The Hall–Kier alpha value is -2.86. The van der Waals surface area contributed by atoms with Crippen LogP contribution in [0.3, 0.4) is 0 Å². The first-order chi connectivity index (χ1) is 13.5. The molecule has 0 spiro atoms. The summed E-state index contributed by atoms with van der Waals surface area (Å²) >= 11 is 6.05. The first-order valence-corrected chi connectivity index (χ1v) is 9.70. The van der Waals surface area contributed by atoms with Gasteiger partial charge in [0.2, 0.25) is 5.91 Å². The van der Waals surface area contributed by atoms with Gasteiger partial charge in [-0.05, 0) is 49.6 Å². The van der Waals surface area contributed by atoms with Gasteiger partial charge in [0.05, 0.1) is 17.0 Å². The van der Waals surface area contributed by atoms with Gasteiger partial charge in [-0.3, -0.25) is 9.59 Å². The number of rotatable bonds is 3. The first kappa shape index (κ1) is 18.5. The van der Waals surface area contributed by atoms with Crippen molar-refractivity contribution < 1.29 is 4.79 Å². The number of nitrogens with one attached hydrogen (secondary N) is 2. The highest BCUT2D eigenvalue weighted by atomic mass is 35.5. The van der Waals surface area contributed by atoms with Gasteiger partial charge >= 0.3 is 0 Å². The van der Waals surface area contributed by atoms with E-state index in [1.165, 1.54) is 0 Å². The number of carbonyl (C=O) groups excluding carboxylic acids is 1. The predicted molar refractivity (Wildman–Crippen MR) is 112 cm³/mol. The quantitative estimate of drug-likeness (QED) is 0.706. The summed E-state index contributed by atoms with van der Waals surface area (Å²) in [5, 5.41) is 3.56. The second kappa shape index (κ2) is 7.64. The molecule has 1 atom stereocenters. The number of H-pyrrole nitrogens is 1. The summed E-state index contributed by atoms with van der Waals surface area (Å²) in [7, 11) is 0. The molecule has 1 amide bonds. The van der Waals surface area contributed by atoms with Crippen LogP contribution in [0.2, 0.25) is 5.02 Å². The van der Waals surface area contributed by atoms with Crippen molar-refractivity contribution in [3.63, 3.8) is 0 Å². The molecule has 2 heterocycles. The van der Waals surface area contributed by atoms with E-state index >= 15 is 0 Å². The standard InChI is InChI=1S/C21H21ClN4O2/c1-13-8-9-15(22)11-18(13)25-20(27)14-5-4-10-26(12-14)19-21(28)24-17-7-3-2-6-16(17)23-19/h2-3,6-9,11,14H,4-5,10,12H2,1H3,(H,24,28)(H,25,27)/t14-/m0/s1. The van der Waals surface area contributed by atoms with Crippen molar-refractivity contribution >= 4 is 40.0 Å². The number of anilines is 2. The second-order valence-corrected chi connectivity index (χ2v) is 7.58. The van der Waals surface area contributed by atoms with E-state index in [9.17, 15) is 9.59 Å². The maximum atomic E-state index is 12.8. The van der Waals surface area contributed by atoms with E-state index in [0.717, 1.165) is 29.6 Å². The minimum Gasteiger partial charge on any atom is -0.351 e. The van der Waals surface area contributed by atoms with Gasteiger partial charge < -0.3 is 15.2 Å². The van der Waals surface area contributed by atoms with E-state index in [1.807, 2.05) is 42.2 Å². The van der Waals surface area contributed by atoms with Gasteiger partial charge in [-0.25, -0.2) is 4.98 Å². The van der Waals surface area contributed by atoms with Crippen molar-refractivity contribution in [2.45, 2.75) is 19.8 Å². The number of hydrogen-bond donors (Lipinski definition) is 2. The van der Waals surface area contributed by atoms with Crippen LogP contribution in [0.4, 0.5) is 11.5 Å². The van der Waals surface area contributed by atoms with Gasteiger partial charge in [0.25, 0.3) is 5.56 Å². The topological polar surface area (TPSA) is 78.1 Å². The molecule has 1 aromatic heterocycles. The van der Waals surface area contributed by atoms with Crippen molar-refractivity contribution in [3.05, 3.63) is 63.4 Å². The number of amides is 1. The second-order valence-electron chi connectivity index (χ2n) is 7.14. The minimum atomic E-state index is -0.231. The molecule has 0 aliphatic carbocycles. The fraction of sp³-hybridized carbons (Fsp3) is 0.286. The van der Waals surface area contributed by atoms with Crippen LogP contribution in [0.15, 0.2) is 47.3 Å². The third-order valence-electron chi connectivity index (χ3n) is 5.13. The van der Waals surface area contributed by atoms with E-state index < -0.39 is 0 Å². The van der Waals surface area contributed by atoms with Gasteiger partial charge in [0.15, 0.2) is 5.82 Å². The third-order valence-corrected chi connectivity index (χ3v) is 5.37. The highest BCUT2D eigenvalue weighted by Gasteiger charge is 2.28. The molecule has 0 unspecified atom stereocenters. The van der Waals surface area contributed by atoms with Gasteiger partial charge in [-0.15, -0.1) is 0 Å². The SMILES string of the molecule is Cc1ccc(Cl)cc1NC(=O)[C@H]1CCCN(c2nc3ccccc3[nH]c2=O)C1. The molecule has 1 fully saturated rings. The summed E-state index contributed by atoms with van der Waals surface area (Å²) in [6.45, 7) is 3.09. The summed E-state index contributed by atoms with van der Waals surface area (Å²) in [4.78, 5) is 34.6. The van der Waals surface area contributed by atoms with Crippen LogP contribution in [-0.4, -0.2) is 29.0 Å². The molecule has 6 nitrogen and oxygen atoms in total. The lowest BCUT2D eigenvalue weighted by Gasteiger charge is -2.32. The molecule has 0 bridgehead atoms. The molecule has 28 heavy (non-hydrogen) atoms. The number of aromatic amines is 1. The summed E-state index contributed by atoms with van der Waals surface area (Å²) in [5.41, 5.74) is 2.89. The fourth-order valence-corrected chi connectivity index (χ4v) is 3.75. The number of aromatic nitrogens is 2. The molecular weight excluding hydrogens is 376 g/mol. The zero-order valence-electron chi connectivity index (χ0n) is 15.5. The van der Waals surface area contributed by atoms with Gasteiger partial charge in [-0.2, -0.15) is 0 Å². The van der Waals surface area contributed by atoms with E-state index in [1.54, 1.807) is 12.1 Å². The van der Waals surface area contributed by atoms with E-state index in [0.29, 0.717) is 29.4 Å². The largest absolute Gasteiger partial charge is 0.351 e. The molecule has 2 aromatic carbocycles. The summed E-state index contributed by atoms with van der Waals surface area (Å²) < 4.78 is 0. The molecule has 1 aliphatic heterocycles. The zero-order chi connectivity index (χ0) is 19.7. The Morgan fingerprint density at radius 1 is 1.29 bits per heavy atom. The van der Waals surface area contributed by atoms with Crippen molar-refractivity contribution in [1.29, 1.82) is 0 Å². The minimum absolute atomic E-state index is 0.0627. The van der Waals surface area contributed by atoms with E-state index in [2.05, 4.69) is 15.3 Å². The monoisotopic (exact) mass is 396 g/mol. The molecule has 144 valence electrons. The molecule has 2 N–H and O–H groups in total. The van der Waals surface area contributed by atoms with Gasteiger partial charge in [0, 0.05) is 23.8 Å². The Labute approximate surface area is 167 Å². The Bertz CT molecular complexity index is 1100. The number of fused-ring (bicyclic) bond motifs is 1. The van der Waals surface area contributed by atoms with Crippen molar-refractivity contribution in [3.8, 4) is 0 Å². The predicted octanol–water partition coefficient (Wildman–Crippen LogP) is 3.74. The maximum Gasteiger partial charge on any atom is 0.291 e. The average molecular weight is 397 g/mol. The number of aryl methyl sites for hydroxylation is 1. The number of para-hydroxylation sites is 2. The summed E-state index contributed by atoms with van der Waals surface area (Å²) in [5.74, 6) is 0.0854. The number of carbonyl (C=O) groups is 1. The molecule has 3 aromatic rings.